The van der Waals surface area contributed by atoms with Crippen LogP contribution in [0.4, 0.5) is 0 Å². The fraction of sp³-hybridized carbons (Fsp3) is 0.524. The second-order valence-electron chi connectivity index (χ2n) is 6.29. The van der Waals surface area contributed by atoms with Crippen LogP contribution in [-0.4, -0.2) is 18.5 Å². The summed E-state index contributed by atoms with van der Waals surface area (Å²) in [6.07, 6.45) is 6.00. The van der Waals surface area contributed by atoms with Gasteiger partial charge in [0.05, 0.1) is 13.2 Å². The average molecular weight is 393 g/mol. The molecule has 0 bridgehead atoms. The van der Waals surface area contributed by atoms with Gasteiger partial charge in [0.2, 0.25) is 0 Å². The number of hydrogen-bond donors (Lipinski definition) is 0. The highest BCUT2D eigenvalue weighted by atomic mass is 79.9. The smallest absolute Gasteiger partial charge is 0.119 e. The second kappa shape index (κ2) is 10.6. The van der Waals surface area contributed by atoms with Crippen molar-refractivity contribution in [1.82, 2.24) is 0 Å². The molecule has 2 aromatic rings. The maximum Gasteiger partial charge on any atom is 0.119 e. The third kappa shape index (κ3) is 6.01. The minimum atomic E-state index is 0.658. The summed E-state index contributed by atoms with van der Waals surface area (Å²) >= 11 is 3.42. The first-order valence-corrected chi connectivity index (χ1v) is 10.2. The molecule has 132 valence electrons. The summed E-state index contributed by atoms with van der Waals surface area (Å²) in [6, 6.07) is 12.6. The highest BCUT2D eigenvalue weighted by molar-refractivity contribution is 9.09. The molecular formula is C21H29BrO2. The number of fused-ring (bicyclic) bond motifs is 1. The average Bonchev–Trinajstić information content (AvgIpc) is 2.62. The van der Waals surface area contributed by atoms with Crippen LogP contribution in [0.5, 0.6) is 11.5 Å². The molecule has 2 nitrogen and oxygen atoms in total. The molecule has 24 heavy (non-hydrogen) atoms. The van der Waals surface area contributed by atoms with E-state index < -0.39 is 0 Å². The highest BCUT2D eigenvalue weighted by Gasteiger charge is 2.07. The Morgan fingerprint density at radius 2 is 1.58 bits per heavy atom. The fourth-order valence-electron chi connectivity index (χ4n) is 2.74. The van der Waals surface area contributed by atoms with E-state index in [-0.39, 0.29) is 0 Å². The largest absolute Gasteiger partial charge is 0.494 e. The summed E-state index contributed by atoms with van der Waals surface area (Å²) in [7, 11) is 0. The molecule has 0 aliphatic carbocycles. The summed E-state index contributed by atoms with van der Waals surface area (Å²) in [5.74, 6) is 2.55. The molecule has 1 atom stereocenters. The van der Waals surface area contributed by atoms with Gasteiger partial charge in [-0.15, -0.1) is 0 Å². The number of rotatable bonds is 11. The molecule has 0 fully saturated rings. The number of unbranched alkanes of at least 4 members (excludes halogenated alkanes) is 1. The van der Waals surface area contributed by atoms with Gasteiger partial charge in [-0.05, 0) is 53.8 Å². The van der Waals surface area contributed by atoms with E-state index in [4.69, 9.17) is 9.47 Å². The standard InChI is InChI=1S/C21H29BrO2/c1-3-5-7-17(4-2)16-24-21-11-9-18-14-20(23-13-6-12-22)10-8-19(18)15-21/h8-11,14-15,17H,3-7,12-13,16H2,1-2H3. The first kappa shape index (κ1) is 19.1. The Bertz CT molecular complexity index is 612. The molecule has 0 amide bonds. The van der Waals surface area contributed by atoms with E-state index in [1.54, 1.807) is 0 Å². The van der Waals surface area contributed by atoms with E-state index in [9.17, 15) is 0 Å². The Morgan fingerprint density at radius 3 is 2.17 bits per heavy atom. The van der Waals surface area contributed by atoms with E-state index in [0.717, 1.165) is 36.5 Å². The third-order valence-corrected chi connectivity index (χ3v) is 4.92. The summed E-state index contributed by atoms with van der Waals surface area (Å²) in [5.41, 5.74) is 0. The first-order chi connectivity index (χ1) is 11.8. The van der Waals surface area contributed by atoms with Crippen LogP contribution in [-0.2, 0) is 0 Å². The van der Waals surface area contributed by atoms with Crippen LogP contribution in [0.2, 0.25) is 0 Å². The lowest BCUT2D eigenvalue weighted by molar-refractivity contribution is 0.233. The zero-order chi connectivity index (χ0) is 17.2. The topological polar surface area (TPSA) is 18.5 Å². The number of halogens is 1. The van der Waals surface area contributed by atoms with Crippen molar-refractivity contribution in [2.75, 3.05) is 18.5 Å². The van der Waals surface area contributed by atoms with Gasteiger partial charge in [-0.1, -0.05) is 61.2 Å². The minimum Gasteiger partial charge on any atom is -0.494 e. The molecule has 0 N–H and O–H groups in total. The molecule has 0 saturated carbocycles. The lowest BCUT2D eigenvalue weighted by atomic mass is 10.0. The minimum absolute atomic E-state index is 0.658. The number of benzene rings is 2. The van der Waals surface area contributed by atoms with Crippen molar-refractivity contribution in [2.45, 2.75) is 46.0 Å². The van der Waals surface area contributed by atoms with Crippen LogP contribution in [0.1, 0.15) is 46.0 Å². The second-order valence-corrected chi connectivity index (χ2v) is 7.08. The molecule has 0 aromatic heterocycles. The molecule has 0 heterocycles. The molecule has 0 spiro atoms. The predicted molar refractivity (Wildman–Crippen MR) is 107 cm³/mol. The van der Waals surface area contributed by atoms with Crippen LogP contribution >= 0.6 is 15.9 Å². The normalized spacial score (nSPS) is 12.3. The van der Waals surface area contributed by atoms with E-state index in [1.165, 1.54) is 36.5 Å². The van der Waals surface area contributed by atoms with Gasteiger partial charge in [-0.25, -0.2) is 0 Å². The van der Waals surface area contributed by atoms with E-state index in [0.29, 0.717) is 5.92 Å². The molecule has 0 radical (unpaired) electrons. The summed E-state index contributed by atoms with van der Waals surface area (Å²) < 4.78 is 11.8. The van der Waals surface area contributed by atoms with E-state index >= 15 is 0 Å². The SMILES string of the molecule is CCCCC(CC)COc1ccc2cc(OCCCBr)ccc2c1. The molecule has 1 unspecified atom stereocenters. The van der Waals surface area contributed by atoms with Gasteiger partial charge in [0.1, 0.15) is 11.5 Å². The van der Waals surface area contributed by atoms with Crippen LogP contribution < -0.4 is 9.47 Å². The molecule has 0 aliphatic heterocycles. The van der Waals surface area contributed by atoms with Crippen molar-refractivity contribution in [3.63, 3.8) is 0 Å². The fourth-order valence-corrected chi connectivity index (χ4v) is 2.97. The van der Waals surface area contributed by atoms with Crippen molar-refractivity contribution < 1.29 is 9.47 Å². The van der Waals surface area contributed by atoms with Crippen LogP contribution in [0.3, 0.4) is 0 Å². The Kier molecular flexibility index (Phi) is 8.44. The van der Waals surface area contributed by atoms with Gasteiger partial charge in [0.15, 0.2) is 0 Å². The molecule has 3 heteroatoms. The van der Waals surface area contributed by atoms with Gasteiger partial charge in [0.25, 0.3) is 0 Å². The van der Waals surface area contributed by atoms with Crippen molar-refractivity contribution in [2.24, 2.45) is 5.92 Å². The monoisotopic (exact) mass is 392 g/mol. The van der Waals surface area contributed by atoms with E-state index in [1.807, 2.05) is 6.07 Å². The summed E-state index contributed by atoms with van der Waals surface area (Å²) in [5, 5.41) is 3.36. The number of ether oxygens (including phenoxy) is 2. The van der Waals surface area contributed by atoms with Crippen molar-refractivity contribution in [3.8, 4) is 11.5 Å². The summed E-state index contributed by atoms with van der Waals surface area (Å²) in [4.78, 5) is 0. The predicted octanol–water partition coefficient (Wildman–Crippen LogP) is 6.60. The third-order valence-electron chi connectivity index (χ3n) is 4.36. The molecule has 2 rings (SSSR count). The zero-order valence-electron chi connectivity index (χ0n) is 14.9. The lowest BCUT2D eigenvalue weighted by Gasteiger charge is -2.16. The maximum absolute atomic E-state index is 6.04. The van der Waals surface area contributed by atoms with Crippen LogP contribution in [0, 0.1) is 5.92 Å². The Morgan fingerprint density at radius 1 is 0.917 bits per heavy atom. The maximum atomic E-state index is 6.04. The Balaban J connectivity index is 1.96. The van der Waals surface area contributed by atoms with Gasteiger partial charge in [0, 0.05) is 5.33 Å². The Hall–Kier alpha value is -1.22. The molecule has 0 saturated heterocycles. The van der Waals surface area contributed by atoms with Crippen LogP contribution in [0.15, 0.2) is 36.4 Å². The molecule has 0 aliphatic rings. The van der Waals surface area contributed by atoms with Crippen molar-refractivity contribution in [3.05, 3.63) is 36.4 Å². The van der Waals surface area contributed by atoms with Gasteiger partial charge >= 0.3 is 0 Å². The van der Waals surface area contributed by atoms with Crippen molar-refractivity contribution >= 4 is 26.7 Å². The summed E-state index contributed by atoms with van der Waals surface area (Å²) in [6.45, 7) is 6.06. The van der Waals surface area contributed by atoms with E-state index in [2.05, 4.69) is 60.1 Å². The first-order valence-electron chi connectivity index (χ1n) is 9.12. The number of alkyl halides is 1. The molecular weight excluding hydrogens is 364 g/mol. The quantitative estimate of drug-likeness (QED) is 0.316. The number of hydrogen-bond acceptors (Lipinski definition) is 2. The van der Waals surface area contributed by atoms with Gasteiger partial charge in [-0.2, -0.15) is 0 Å². The Labute approximate surface area is 154 Å². The van der Waals surface area contributed by atoms with Gasteiger partial charge < -0.3 is 9.47 Å². The van der Waals surface area contributed by atoms with Crippen molar-refractivity contribution in [1.29, 1.82) is 0 Å². The van der Waals surface area contributed by atoms with Gasteiger partial charge in [-0.3, -0.25) is 0 Å². The molecule has 2 aromatic carbocycles. The van der Waals surface area contributed by atoms with Crippen LogP contribution in [0.25, 0.3) is 10.8 Å². The lowest BCUT2D eigenvalue weighted by Crippen LogP contribution is -2.11. The highest BCUT2D eigenvalue weighted by Crippen LogP contribution is 2.26. The zero-order valence-corrected chi connectivity index (χ0v) is 16.5.